The number of hydrogen-bond donors (Lipinski definition) is 4. The molecule has 0 saturated heterocycles. The maximum atomic E-state index is 13.9. The Morgan fingerprint density at radius 1 is 0.940 bits per heavy atom. The Hall–Kier alpha value is -4.59. The topological polar surface area (TPSA) is 195 Å². The first-order valence-electron chi connectivity index (χ1n) is 16.4. The quantitative estimate of drug-likeness (QED) is 0.329. The van der Waals surface area contributed by atoms with Gasteiger partial charge in [0.2, 0.25) is 5.78 Å². The molecule has 1 aromatic rings. The Bertz CT molecular complexity index is 1720. The molecule has 0 saturated carbocycles. The molecule has 50 heavy (non-hydrogen) atoms. The van der Waals surface area contributed by atoms with Crippen LogP contribution in [0, 0.1) is 30.6 Å². The summed E-state index contributed by atoms with van der Waals surface area (Å²) in [7, 11) is 1.42. The van der Waals surface area contributed by atoms with Crippen molar-refractivity contribution in [2.45, 2.75) is 85.6 Å². The second-order valence-corrected chi connectivity index (χ2v) is 13.4. The molecule has 0 fully saturated rings. The molecule has 3 aliphatic heterocycles. The van der Waals surface area contributed by atoms with Gasteiger partial charge in [-0.3, -0.25) is 24.0 Å². The van der Waals surface area contributed by atoms with Gasteiger partial charge in [0.1, 0.15) is 17.6 Å². The molecule has 13 nitrogen and oxygen atoms in total. The van der Waals surface area contributed by atoms with Crippen LogP contribution >= 0.6 is 0 Å². The fourth-order valence-electron chi connectivity index (χ4n) is 6.62. The maximum absolute atomic E-state index is 13.9. The molecule has 270 valence electrons. The molecule has 5 bridgehead atoms. The van der Waals surface area contributed by atoms with Crippen LogP contribution in [-0.4, -0.2) is 81.9 Å². The zero-order valence-electron chi connectivity index (χ0n) is 29.6. The zero-order chi connectivity index (χ0) is 37.4. The van der Waals surface area contributed by atoms with Crippen molar-refractivity contribution in [2.75, 3.05) is 7.11 Å². The monoisotopic (exact) mass is 695 g/mol. The van der Waals surface area contributed by atoms with E-state index in [1.807, 2.05) is 0 Å². The Morgan fingerprint density at radius 2 is 1.60 bits per heavy atom. The Labute approximate surface area is 290 Å². The summed E-state index contributed by atoms with van der Waals surface area (Å²) in [5.74, 6) is -8.99. The summed E-state index contributed by atoms with van der Waals surface area (Å²) in [5, 5.41) is 36.1. The number of benzene rings is 1. The van der Waals surface area contributed by atoms with E-state index in [1.165, 1.54) is 47.0 Å². The van der Waals surface area contributed by atoms with Crippen molar-refractivity contribution >= 4 is 29.2 Å². The summed E-state index contributed by atoms with van der Waals surface area (Å²) in [6.07, 6.45) is 4.31. The van der Waals surface area contributed by atoms with Crippen LogP contribution in [0.25, 0.3) is 0 Å². The van der Waals surface area contributed by atoms with Crippen LogP contribution < -0.4 is 10.1 Å². The molecule has 3 heterocycles. The standard InChI is InChI=1S/C37H45NO12/c1-16-11-10-12-17(2)36(46)38-23-15-24(40)26-27(32(23)44)31(43)21(6)34-28(26)35(45)37(8,50-34)48-14-13-25(47-9)18(3)33(49-22(7)39)20(5)30(42)19(4)29(16)41/h10-16,18-20,25,29-30,33,41-43H,1-9H3,(H,38,46)/b11-10-,14-13-,17-12-/t16-,18+,19+,20+,25-,29-,30+,33+,37-/m0/s1. The van der Waals surface area contributed by atoms with Crippen LogP contribution in [-0.2, 0) is 23.8 Å². The number of aromatic hydroxyl groups is 1. The number of allylic oxidation sites excluding steroid dienone is 4. The van der Waals surface area contributed by atoms with Gasteiger partial charge in [-0.05, 0) is 19.9 Å². The number of methoxy groups -OCH3 is 1. The molecule has 1 amide bonds. The van der Waals surface area contributed by atoms with Gasteiger partial charge in [-0.2, -0.15) is 0 Å². The van der Waals surface area contributed by atoms with E-state index < -0.39 is 100 Å². The van der Waals surface area contributed by atoms with Crippen LogP contribution in [0.1, 0.15) is 85.1 Å². The van der Waals surface area contributed by atoms with E-state index in [0.717, 1.165) is 12.3 Å². The number of carbonyl (C=O) groups excluding carboxylic acids is 5. The zero-order valence-corrected chi connectivity index (χ0v) is 29.6. The molecule has 0 aromatic heterocycles. The minimum atomic E-state index is -2.03. The molecular weight excluding hydrogens is 650 g/mol. The molecule has 1 aromatic carbocycles. The van der Waals surface area contributed by atoms with Gasteiger partial charge in [-0.15, -0.1) is 0 Å². The van der Waals surface area contributed by atoms with Crippen molar-refractivity contribution in [3.8, 4) is 11.5 Å². The smallest absolute Gasteiger partial charge is 0.312 e. The lowest BCUT2D eigenvalue weighted by Crippen LogP contribution is -2.46. The van der Waals surface area contributed by atoms with E-state index in [9.17, 15) is 39.3 Å². The molecule has 4 aliphatic rings. The Morgan fingerprint density at radius 3 is 2.22 bits per heavy atom. The number of ether oxygens (including phenoxy) is 4. The number of esters is 1. The van der Waals surface area contributed by atoms with Gasteiger partial charge in [0, 0.05) is 61.8 Å². The van der Waals surface area contributed by atoms with E-state index in [-0.39, 0.29) is 28.0 Å². The lowest BCUT2D eigenvalue weighted by atomic mass is 9.78. The average Bonchev–Trinajstić information content (AvgIpc) is 3.33. The number of hydrogen-bond acceptors (Lipinski definition) is 12. The van der Waals surface area contributed by atoms with E-state index in [1.54, 1.807) is 39.8 Å². The molecule has 4 N–H and O–H groups in total. The van der Waals surface area contributed by atoms with Crippen molar-refractivity contribution < 1.29 is 58.2 Å². The van der Waals surface area contributed by atoms with Gasteiger partial charge in [0.25, 0.3) is 11.7 Å². The van der Waals surface area contributed by atoms with Crippen molar-refractivity contribution in [1.29, 1.82) is 0 Å². The minimum absolute atomic E-state index is 0.00885. The van der Waals surface area contributed by atoms with E-state index in [2.05, 4.69) is 5.32 Å². The first-order chi connectivity index (χ1) is 23.4. The van der Waals surface area contributed by atoms with Gasteiger partial charge >= 0.3 is 11.8 Å². The first kappa shape index (κ1) is 38.2. The number of aliphatic hydroxyl groups is 2. The third-order valence-corrected chi connectivity index (χ3v) is 9.80. The average molecular weight is 696 g/mol. The summed E-state index contributed by atoms with van der Waals surface area (Å²) >= 11 is 0. The summed E-state index contributed by atoms with van der Waals surface area (Å²) in [5.41, 5.74) is -1.31. The minimum Gasteiger partial charge on any atom is -0.507 e. The van der Waals surface area contributed by atoms with Gasteiger partial charge in [0.05, 0.1) is 47.0 Å². The normalized spacial score (nSPS) is 34.5. The first-order valence-corrected chi connectivity index (χ1v) is 16.4. The number of carbonyl (C=O) groups is 5. The molecule has 1 aliphatic carbocycles. The molecule has 13 heteroatoms. The SMILES string of the molecule is CO[C@H]1/C=C\O[C@@]2(C)Oc3c(C)c(O)c4c(c3C2=O)C(=O)C=C(NC(=O)/C(C)=C\C=C/[C@H](C)[C@H](O)[C@@H](C)[C@@H](O)[C@@H](C)[C@H](OC(C)=O)[C@@H]1C)C4=O. The van der Waals surface area contributed by atoms with E-state index >= 15 is 0 Å². The lowest BCUT2D eigenvalue weighted by molar-refractivity contribution is -0.160. The number of ketones is 3. The highest BCUT2D eigenvalue weighted by Crippen LogP contribution is 2.47. The van der Waals surface area contributed by atoms with Crippen molar-refractivity contribution in [2.24, 2.45) is 23.7 Å². The fourth-order valence-corrected chi connectivity index (χ4v) is 6.62. The van der Waals surface area contributed by atoms with Crippen molar-refractivity contribution in [3.63, 3.8) is 0 Å². The maximum Gasteiger partial charge on any atom is 0.312 e. The summed E-state index contributed by atoms with van der Waals surface area (Å²) in [6.45, 7) is 12.3. The molecular formula is C37H45NO12. The second kappa shape index (κ2) is 14.7. The van der Waals surface area contributed by atoms with Crippen molar-refractivity contribution in [1.82, 2.24) is 5.32 Å². The Kier molecular flexibility index (Phi) is 11.2. The van der Waals surface area contributed by atoms with Crippen LogP contribution in [0.5, 0.6) is 11.5 Å². The number of amides is 1. The lowest BCUT2D eigenvalue weighted by Gasteiger charge is -2.38. The van der Waals surface area contributed by atoms with Crippen LogP contribution in [0.15, 0.2) is 47.9 Å². The second-order valence-electron chi connectivity index (χ2n) is 13.4. The van der Waals surface area contributed by atoms with Crippen LogP contribution in [0.2, 0.25) is 0 Å². The highest BCUT2D eigenvalue weighted by Gasteiger charge is 2.51. The Balaban J connectivity index is 1.83. The molecule has 9 atom stereocenters. The largest absolute Gasteiger partial charge is 0.507 e. The van der Waals surface area contributed by atoms with Crippen LogP contribution in [0.4, 0.5) is 0 Å². The van der Waals surface area contributed by atoms with Gasteiger partial charge in [0.15, 0.2) is 5.78 Å². The predicted octanol–water partition coefficient (Wildman–Crippen LogP) is 3.63. The number of aliphatic hydroxyl groups excluding tert-OH is 2. The van der Waals surface area contributed by atoms with Gasteiger partial charge in [-0.25, -0.2) is 0 Å². The van der Waals surface area contributed by atoms with Gasteiger partial charge < -0.3 is 39.6 Å². The molecule has 0 radical (unpaired) electrons. The summed E-state index contributed by atoms with van der Waals surface area (Å²) in [6, 6.07) is 0. The highest BCUT2D eigenvalue weighted by atomic mass is 16.7. The third-order valence-electron chi connectivity index (χ3n) is 9.80. The number of rotatable bonds is 2. The fraction of sp³-hybridized carbons (Fsp3) is 0.486. The number of phenols is 1. The number of nitrogens with one attached hydrogen (secondary N) is 1. The molecule has 5 rings (SSSR count). The van der Waals surface area contributed by atoms with Crippen molar-refractivity contribution in [3.05, 3.63) is 70.2 Å². The molecule has 0 spiro atoms. The summed E-state index contributed by atoms with van der Waals surface area (Å²) in [4.78, 5) is 66.2. The third kappa shape index (κ3) is 7.03. The number of phenolic OH excluding ortho intramolecular Hbond substituents is 1. The van der Waals surface area contributed by atoms with E-state index in [0.29, 0.717) is 0 Å². The van der Waals surface area contributed by atoms with Crippen LogP contribution in [0.3, 0.4) is 0 Å². The predicted molar refractivity (Wildman–Crippen MR) is 179 cm³/mol. The molecule has 0 unspecified atom stereocenters. The number of Topliss-reactive ketones (excluding diaryl/α,β-unsaturated/α-hetero) is 2. The van der Waals surface area contributed by atoms with E-state index in [4.69, 9.17) is 18.9 Å². The highest BCUT2D eigenvalue weighted by molar-refractivity contribution is 6.30. The summed E-state index contributed by atoms with van der Waals surface area (Å²) < 4.78 is 23.1. The van der Waals surface area contributed by atoms with Gasteiger partial charge in [-0.1, -0.05) is 45.9 Å². The number of fused-ring (bicyclic) bond motifs is 14.